The molecule has 1 saturated heterocycles. The predicted molar refractivity (Wildman–Crippen MR) is 107 cm³/mol. The van der Waals surface area contributed by atoms with Crippen LogP contribution in [0.25, 0.3) is 0 Å². The van der Waals surface area contributed by atoms with Gasteiger partial charge in [0.25, 0.3) is 0 Å². The molecule has 2 amide bonds. The van der Waals surface area contributed by atoms with E-state index in [1.54, 1.807) is 11.0 Å². The van der Waals surface area contributed by atoms with E-state index in [0.717, 1.165) is 10.7 Å². The molecule has 0 radical (unpaired) electrons. The number of carbonyl (C=O) groups excluding carboxylic acids is 2. The first-order valence-corrected chi connectivity index (χ1v) is 10.7. The van der Waals surface area contributed by atoms with E-state index in [9.17, 15) is 18.0 Å². The molecule has 0 aromatic heterocycles. The Kier molecular flexibility index (Phi) is 7.06. The van der Waals surface area contributed by atoms with Crippen LogP contribution in [0.15, 0.2) is 23.1 Å². The zero-order valence-electron chi connectivity index (χ0n) is 17.1. The van der Waals surface area contributed by atoms with Crippen molar-refractivity contribution in [2.24, 2.45) is 11.8 Å². The van der Waals surface area contributed by atoms with Crippen molar-refractivity contribution in [3.05, 3.63) is 18.2 Å². The van der Waals surface area contributed by atoms with Gasteiger partial charge in [0.2, 0.25) is 21.8 Å². The number of methoxy groups -OCH3 is 1. The van der Waals surface area contributed by atoms with Crippen molar-refractivity contribution < 1.29 is 22.7 Å². The van der Waals surface area contributed by atoms with Gasteiger partial charge in [0.1, 0.15) is 10.6 Å². The molecule has 28 heavy (non-hydrogen) atoms. The maximum atomic E-state index is 12.7. The van der Waals surface area contributed by atoms with Crippen molar-refractivity contribution in [1.82, 2.24) is 9.21 Å². The number of anilines is 1. The third kappa shape index (κ3) is 4.82. The molecule has 1 aromatic carbocycles. The number of nitrogens with one attached hydrogen (secondary N) is 1. The topological polar surface area (TPSA) is 96.0 Å². The number of amides is 2. The summed E-state index contributed by atoms with van der Waals surface area (Å²) in [6, 6.07) is 4.51. The van der Waals surface area contributed by atoms with Crippen molar-refractivity contribution in [3.63, 3.8) is 0 Å². The van der Waals surface area contributed by atoms with Gasteiger partial charge in [-0.3, -0.25) is 9.59 Å². The van der Waals surface area contributed by atoms with Crippen molar-refractivity contribution in [2.75, 3.05) is 39.6 Å². The monoisotopic (exact) mass is 411 g/mol. The van der Waals surface area contributed by atoms with Gasteiger partial charge < -0.3 is 15.0 Å². The molecule has 0 aliphatic carbocycles. The minimum atomic E-state index is -3.73. The zero-order valence-corrected chi connectivity index (χ0v) is 17.9. The van der Waals surface area contributed by atoms with E-state index in [2.05, 4.69) is 5.32 Å². The van der Waals surface area contributed by atoms with E-state index < -0.39 is 10.0 Å². The van der Waals surface area contributed by atoms with Crippen LogP contribution >= 0.6 is 0 Å². The van der Waals surface area contributed by atoms with Gasteiger partial charge in [-0.2, -0.15) is 0 Å². The highest BCUT2D eigenvalue weighted by molar-refractivity contribution is 7.89. The lowest BCUT2D eigenvalue weighted by molar-refractivity contribution is -0.137. The van der Waals surface area contributed by atoms with Crippen molar-refractivity contribution in [2.45, 2.75) is 31.6 Å². The maximum absolute atomic E-state index is 12.7. The summed E-state index contributed by atoms with van der Waals surface area (Å²) in [5.74, 6) is -0.409. The zero-order chi connectivity index (χ0) is 21.1. The Bertz CT molecular complexity index is 836. The maximum Gasteiger partial charge on any atom is 0.246 e. The van der Waals surface area contributed by atoms with Crippen LogP contribution in [0.2, 0.25) is 0 Å². The Labute approximate surface area is 166 Å². The molecule has 1 fully saturated rings. The number of sulfonamides is 1. The highest BCUT2D eigenvalue weighted by Crippen LogP contribution is 2.29. The van der Waals surface area contributed by atoms with E-state index in [-0.39, 0.29) is 34.3 Å². The highest BCUT2D eigenvalue weighted by Gasteiger charge is 2.30. The number of carbonyl (C=O) groups is 2. The Morgan fingerprint density at radius 3 is 2.54 bits per heavy atom. The fraction of sp³-hybridized carbons (Fsp3) is 0.579. The van der Waals surface area contributed by atoms with E-state index in [0.29, 0.717) is 25.2 Å². The third-order valence-corrected chi connectivity index (χ3v) is 6.62. The molecule has 1 atom stereocenters. The van der Waals surface area contributed by atoms with Crippen LogP contribution in [-0.4, -0.2) is 63.7 Å². The van der Waals surface area contributed by atoms with Gasteiger partial charge in [0.05, 0.1) is 13.0 Å². The highest BCUT2D eigenvalue weighted by atomic mass is 32.2. The number of hydrogen-bond donors (Lipinski definition) is 1. The van der Waals surface area contributed by atoms with Gasteiger partial charge in [-0.15, -0.1) is 0 Å². The third-order valence-electron chi connectivity index (χ3n) is 4.79. The second-order valence-corrected chi connectivity index (χ2v) is 9.54. The Morgan fingerprint density at radius 1 is 1.29 bits per heavy atom. The van der Waals surface area contributed by atoms with Gasteiger partial charge in [-0.1, -0.05) is 13.8 Å². The standard InChI is InChI=1S/C19H29N3O5S/c1-13(2)19(24)22-10-6-7-14(12-22)18(23)20-15-8-9-16(27-5)17(11-15)28(25,26)21(3)4/h8-9,11,13-14H,6-7,10,12H2,1-5H3,(H,20,23). The van der Waals surface area contributed by atoms with Crippen molar-refractivity contribution in [3.8, 4) is 5.75 Å². The molecule has 0 bridgehead atoms. The average molecular weight is 412 g/mol. The van der Waals surface area contributed by atoms with Crippen LogP contribution < -0.4 is 10.1 Å². The molecule has 1 aliphatic heterocycles. The van der Waals surface area contributed by atoms with Crippen LogP contribution in [0.5, 0.6) is 5.75 Å². The van der Waals surface area contributed by atoms with Gasteiger partial charge in [0.15, 0.2) is 0 Å². The number of likely N-dealkylation sites (tertiary alicyclic amines) is 1. The Morgan fingerprint density at radius 2 is 1.96 bits per heavy atom. The number of piperidine rings is 1. The van der Waals surface area contributed by atoms with Gasteiger partial charge in [-0.05, 0) is 31.0 Å². The minimum absolute atomic E-state index is 0.0157. The summed E-state index contributed by atoms with van der Waals surface area (Å²) in [7, 11) is 0.531. The summed E-state index contributed by atoms with van der Waals surface area (Å²) in [6.07, 6.45) is 1.45. The van der Waals surface area contributed by atoms with Crippen LogP contribution in [0.3, 0.4) is 0 Å². The Balaban J connectivity index is 2.19. The van der Waals surface area contributed by atoms with E-state index in [1.807, 2.05) is 13.8 Å². The predicted octanol–water partition coefficient (Wildman–Crippen LogP) is 1.78. The first-order chi connectivity index (χ1) is 13.1. The molecule has 2 rings (SSSR count). The summed E-state index contributed by atoms with van der Waals surface area (Å²) in [5.41, 5.74) is 0.374. The number of benzene rings is 1. The molecule has 9 heteroatoms. The molecule has 156 valence electrons. The van der Waals surface area contributed by atoms with Crippen molar-refractivity contribution >= 4 is 27.5 Å². The van der Waals surface area contributed by atoms with Crippen LogP contribution in [-0.2, 0) is 19.6 Å². The summed E-state index contributed by atoms with van der Waals surface area (Å²) < 4.78 is 31.3. The lowest BCUT2D eigenvalue weighted by atomic mass is 9.96. The largest absolute Gasteiger partial charge is 0.495 e. The molecular formula is C19H29N3O5S. The average Bonchev–Trinajstić information content (AvgIpc) is 2.67. The lowest BCUT2D eigenvalue weighted by Gasteiger charge is -2.33. The molecular weight excluding hydrogens is 382 g/mol. The number of nitrogens with zero attached hydrogens (tertiary/aromatic N) is 2. The fourth-order valence-electron chi connectivity index (χ4n) is 3.15. The first-order valence-electron chi connectivity index (χ1n) is 9.28. The normalized spacial score (nSPS) is 17.7. The SMILES string of the molecule is COc1ccc(NC(=O)C2CCCN(C(=O)C(C)C)C2)cc1S(=O)(=O)N(C)C. The van der Waals surface area contributed by atoms with Gasteiger partial charge in [0, 0.05) is 38.8 Å². The second kappa shape index (κ2) is 8.91. The summed E-state index contributed by atoms with van der Waals surface area (Å²) in [5, 5.41) is 2.79. The molecule has 1 aromatic rings. The number of ether oxygens (including phenoxy) is 1. The minimum Gasteiger partial charge on any atom is -0.495 e. The smallest absolute Gasteiger partial charge is 0.246 e. The first kappa shape index (κ1) is 22.2. The summed E-state index contributed by atoms with van der Waals surface area (Å²) in [6.45, 7) is 4.72. The molecule has 1 N–H and O–H groups in total. The van der Waals surface area contributed by atoms with Gasteiger partial charge in [-0.25, -0.2) is 12.7 Å². The van der Waals surface area contributed by atoms with Crippen LogP contribution in [0.1, 0.15) is 26.7 Å². The fourth-order valence-corrected chi connectivity index (χ4v) is 4.23. The van der Waals surface area contributed by atoms with Crippen LogP contribution in [0.4, 0.5) is 5.69 Å². The Hall–Kier alpha value is -2.13. The molecule has 1 aliphatic rings. The quantitative estimate of drug-likeness (QED) is 0.770. The lowest BCUT2D eigenvalue weighted by Crippen LogP contribution is -2.45. The molecule has 0 spiro atoms. The molecule has 8 nitrogen and oxygen atoms in total. The summed E-state index contributed by atoms with van der Waals surface area (Å²) >= 11 is 0. The number of hydrogen-bond acceptors (Lipinski definition) is 5. The molecule has 0 saturated carbocycles. The van der Waals surface area contributed by atoms with Gasteiger partial charge >= 0.3 is 0 Å². The number of rotatable bonds is 6. The molecule has 1 heterocycles. The molecule has 1 unspecified atom stereocenters. The van der Waals surface area contributed by atoms with Crippen molar-refractivity contribution in [1.29, 1.82) is 0 Å². The van der Waals surface area contributed by atoms with E-state index >= 15 is 0 Å². The second-order valence-electron chi connectivity index (χ2n) is 7.42. The van der Waals surface area contributed by atoms with Crippen LogP contribution in [0, 0.1) is 11.8 Å². The van der Waals surface area contributed by atoms with E-state index in [1.165, 1.54) is 33.3 Å². The van der Waals surface area contributed by atoms with E-state index in [4.69, 9.17) is 4.74 Å². The summed E-state index contributed by atoms with van der Waals surface area (Å²) in [4.78, 5) is 26.7.